The van der Waals surface area contributed by atoms with Crippen molar-refractivity contribution in [1.29, 1.82) is 0 Å². The highest BCUT2D eigenvalue weighted by molar-refractivity contribution is 6.30. The Morgan fingerprint density at radius 2 is 2.00 bits per heavy atom. The van der Waals surface area contributed by atoms with Crippen molar-refractivity contribution in [2.24, 2.45) is 5.92 Å². The summed E-state index contributed by atoms with van der Waals surface area (Å²) in [7, 11) is 0. The van der Waals surface area contributed by atoms with Crippen LogP contribution >= 0.6 is 11.6 Å². The summed E-state index contributed by atoms with van der Waals surface area (Å²) >= 11 is 5.77. The molecule has 0 aliphatic rings. The number of amides is 2. The Kier molecular flexibility index (Phi) is 6.68. The summed E-state index contributed by atoms with van der Waals surface area (Å²) in [6.07, 6.45) is -0.0187. The van der Waals surface area contributed by atoms with Crippen LogP contribution in [0.15, 0.2) is 24.3 Å². The van der Waals surface area contributed by atoms with Crippen molar-refractivity contribution in [3.05, 3.63) is 34.9 Å². The molecule has 3 N–H and O–H groups in total. The Balaban J connectivity index is 2.33. The summed E-state index contributed by atoms with van der Waals surface area (Å²) in [5.74, 6) is -1.85. The molecule has 0 bridgehead atoms. The standard InChI is InChI=1S/C14H17ClN2O4/c1-9(5-13(19)20)7-16-12(18)8-17-14(21)10-3-2-4-11(15)6-10/h2-4,6,9H,5,7-8H2,1H3,(H,16,18)(H,17,21)(H,19,20). The number of halogens is 1. The maximum absolute atomic E-state index is 11.8. The minimum atomic E-state index is -0.911. The van der Waals surface area contributed by atoms with E-state index in [9.17, 15) is 14.4 Å². The molecule has 6 nitrogen and oxygen atoms in total. The lowest BCUT2D eigenvalue weighted by Gasteiger charge is -2.11. The van der Waals surface area contributed by atoms with Gasteiger partial charge >= 0.3 is 5.97 Å². The molecule has 0 aliphatic carbocycles. The van der Waals surface area contributed by atoms with Gasteiger partial charge in [0, 0.05) is 23.6 Å². The zero-order chi connectivity index (χ0) is 15.8. The molecule has 0 saturated heterocycles. The van der Waals surface area contributed by atoms with E-state index in [0.717, 1.165) is 0 Å². The highest BCUT2D eigenvalue weighted by Gasteiger charge is 2.11. The van der Waals surface area contributed by atoms with Gasteiger partial charge in [-0.1, -0.05) is 24.6 Å². The minimum Gasteiger partial charge on any atom is -0.481 e. The second kappa shape index (κ2) is 8.26. The number of carbonyl (C=O) groups excluding carboxylic acids is 2. The van der Waals surface area contributed by atoms with Crippen LogP contribution in [0.1, 0.15) is 23.7 Å². The summed E-state index contributed by atoms with van der Waals surface area (Å²) in [6.45, 7) is 1.79. The summed E-state index contributed by atoms with van der Waals surface area (Å²) in [5.41, 5.74) is 0.370. The quantitative estimate of drug-likeness (QED) is 0.707. The topological polar surface area (TPSA) is 95.5 Å². The number of rotatable bonds is 7. The molecule has 0 saturated carbocycles. The fourth-order valence-corrected chi connectivity index (χ4v) is 1.80. The van der Waals surface area contributed by atoms with Gasteiger partial charge in [0.1, 0.15) is 0 Å². The average Bonchev–Trinajstić information content (AvgIpc) is 2.41. The van der Waals surface area contributed by atoms with Gasteiger partial charge in [0.2, 0.25) is 5.91 Å². The highest BCUT2D eigenvalue weighted by Crippen LogP contribution is 2.10. The molecule has 7 heteroatoms. The smallest absolute Gasteiger partial charge is 0.303 e. The van der Waals surface area contributed by atoms with Gasteiger partial charge in [-0.25, -0.2) is 0 Å². The van der Waals surface area contributed by atoms with E-state index in [4.69, 9.17) is 16.7 Å². The van der Waals surface area contributed by atoms with Crippen molar-refractivity contribution in [3.63, 3.8) is 0 Å². The number of carboxylic acid groups (broad SMARTS) is 1. The summed E-state index contributed by atoms with van der Waals surface area (Å²) in [4.78, 5) is 33.8. The molecule has 0 aromatic heterocycles. The van der Waals surface area contributed by atoms with Crippen molar-refractivity contribution in [2.75, 3.05) is 13.1 Å². The van der Waals surface area contributed by atoms with Crippen molar-refractivity contribution >= 4 is 29.4 Å². The molecule has 2 amide bonds. The van der Waals surface area contributed by atoms with Crippen LogP contribution in [0.3, 0.4) is 0 Å². The first-order valence-electron chi connectivity index (χ1n) is 6.40. The normalized spacial score (nSPS) is 11.5. The molecule has 1 aromatic carbocycles. The second-order valence-electron chi connectivity index (χ2n) is 4.70. The lowest BCUT2D eigenvalue weighted by molar-refractivity contribution is -0.138. The van der Waals surface area contributed by atoms with Gasteiger partial charge < -0.3 is 15.7 Å². The van der Waals surface area contributed by atoms with Gasteiger partial charge in [-0.2, -0.15) is 0 Å². The molecule has 0 spiro atoms. The van der Waals surface area contributed by atoms with Crippen LogP contribution < -0.4 is 10.6 Å². The third-order valence-corrected chi connectivity index (χ3v) is 2.90. The van der Waals surface area contributed by atoms with E-state index in [1.54, 1.807) is 25.1 Å². The number of carboxylic acids is 1. The SMILES string of the molecule is CC(CNC(=O)CNC(=O)c1cccc(Cl)c1)CC(=O)O. The predicted molar refractivity (Wildman–Crippen MR) is 78.2 cm³/mol. The van der Waals surface area contributed by atoms with Crippen molar-refractivity contribution < 1.29 is 19.5 Å². The summed E-state index contributed by atoms with van der Waals surface area (Å²) < 4.78 is 0. The van der Waals surface area contributed by atoms with E-state index in [0.29, 0.717) is 10.6 Å². The summed E-state index contributed by atoms with van der Waals surface area (Å²) in [6, 6.07) is 6.39. The largest absolute Gasteiger partial charge is 0.481 e. The van der Waals surface area contributed by atoms with Crippen LogP contribution in [0, 0.1) is 5.92 Å². The van der Waals surface area contributed by atoms with Gasteiger partial charge in [-0.3, -0.25) is 14.4 Å². The van der Waals surface area contributed by atoms with Crippen LogP contribution in [-0.4, -0.2) is 36.0 Å². The summed E-state index contributed by atoms with van der Waals surface area (Å²) in [5, 5.41) is 14.1. The van der Waals surface area contributed by atoms with Crippen molar-refractivity contribution in [3.8, 4) is 0 Å². The average molecular weight is 313 g/mol. The van der Waals surface area contributed by atoms with Crippen LogP contribution in [0.2, 0.25) is 5.02 Å². The Morgan fingerprint density at radius 1 is 1.29 bits per heavy atom. The zero-order valence-electron chi connectivity index (χ0n) is 11.6. The Morgan fingerprint density at radius 3 is 2.62 bits per heavy atom. The molecule has 21 heavy (non-hydrogen) atoms. The second-order valence-corrected chi connectivity index (χ2v) is 5.14. The predicted octanol–water partition coefficient (Wildman–Crippen LogP) is 1.30. The van der Waals surface area contributed by atoms with E-state index in [1.807, 2.05) is 0 Å². The number of aliphatic carboxylic acids is 1. The fraction of sp³-hybridized carbons (Fsp3) is 0.357. The van der Waals surface area contributed by atoms with E-state index in [-0.39, 0.29) is 31.3 Å². The van der Waals surface area contributed by atoms with Gasteiger partial charge in [0.05, 0.1) is 6.54 Å². The van der Waals surface area contributed by atoms with Crippen LogP contribution in [0.4, 0.5) is 0 Å². The monoisotopic (exact) mass is 312 g/mol. The maximum Gasteiger partial charge on any atom is 0.303 e. The fourth-order valence-electron chi connectivity index (χ4n) is 1.61. The third kappa shape index (κ3) is 6.76. The number of benzene rings is 1. The molecular formula is C14H17ClN2O4. The minimum absolute atomic E-state index is 0.0187. The lowest BCUT2D eigenvalue weighted by atomic mass is 10.1. The van der Waals surface area contributed by atoms with Gasteiger partial charge in [-0.15, -0.1) is 0 Å². The maximum atomic E-state index is 11.8. The van der Waals surface area contributed by atoms with Crippen LogP contribution in [0.5, 0.6) is 0 Å². The molecule has 1 atom stereocenters. The molecule has 0 aliphatic heterocycles. The zero-order valence-corrected chi connectivity index (χ0v) is 12.3. The van der Waals surface area contributed by atoms with E-state index in [2.05, 4.69) is 10.6 Å². The molecular weight excluding hydrogens is 296 g/mol. The third-order valence-electron chi connectivity index (χ3n) is 2.67. The van der Waals surface area contributed by atoms with Crippen LogP contribution in [-0.2, 0) is 9.59 Å². The van der Waals surface area contributed by atoms with Crippen molar-refractivity contribution in [2.45, 2.75) is 13.3 Å². The molecule has 1 unspecified atom stereocenters. The lowest BCUT2D eigenvalue weighted by Crippen LogP contribution is -2.38. The van der Waals surface area contributed by atoms with Crippen LogP contribution in [0.25, 0.3) is 0 Å². The van der Waals surface area contributed by atoms with Gasteiger partial charge in [-0.05, 0) is 24.1 Å². The van der Waals surface area contributed by atoms with Crippen molar-refractivity contribution in [1.82, 2.24) is 10.6 Å². The van der Waals surface area contributed by atoms with E-state index >= 15 is 0 Å². The molecule has 1 aromatic rings. The number of carbonyl (C=O) groups is 3. The molecule has 0 heterocycles. The first kappa shape index (κ1) is 17.0. The molecule has 1 rings (SSSR count). The Hall–Kier alpha value is -2.08. The van der Waals surface area contributed by atoms with E-state index in [1.165, 1.54) is 6.07 Å². The number of nitrogens with one attached hydrogen (secondary N) is 2. The molecule has 0 radical (unpaired) electrons. The first-order chi connectivity index (χ1) is 9.88. The highest BCUT2D eigenvalue weighted by atomic mass is 35.5. The van der Waals surface area contributed by atoms with Gasteiger partial charge in [0.25, 0.3) is 5.91 Å². The first-order valence-corrected chi connectivity index (χ1v) is 6.78. The number of hydrogen-bond donors (Lipinski definition) is 3. The van der Waals surface area contributed by atoms with E-state index < -0.39 is 11.9 Å². The van der Waals surface area contributed by atoms with Gasteiger partial charge in [0.15, 0.2) is 0 Å². The molecule has 114 valence electrons. The Labute approximate surface area is 127 Å². The molecule has 0 fully saturated rings. The Bertz CT molecular complexity index is 533. The number of hydrogen-bond acceptors (Lipinski definition) is 3.